The zero-order valence-corrected chi connectivity index (χ0v) is 12.7. The Bertz CT molecular complexity index is 481. The fourth-order valence-electron chi connectivity index (χ4n) is 1.96. The highest BCUT2D eigenvalue weighted by atomic mass is 127. The number of methoxy groups -OCH3 is 1. The van der Waals surface area contributed by atoms with Crippen LogP contribution >= 0.6 is 34.2 Å². The van der Waals surface area contributed by atoms with Crippen LogP contribution in [0.2, 0.25) is 5.02 Å². The second kappa shape index (κ2) is 5.63. The third-order valence-corrected chi connectivity index (χ3v) is 4.45. The molecule has 0 radical (unpaired) electrons. The summed E-state index contributed by atoms with van der Waals surface area (Å²) in [5, 5.41) is 10.00. The van der Waals surface area contributed by atoms with Gasteiger partial charge in [0.05, 0.1) is 23.8 Å². The first-order chi connectivity index (χ1) is 8.52. The first-order valence-corrected chi connectivity index (χ1v) is 6.99. The smallest absolute Gasteiger partial charge is 0.257 e. The van der Waals surface area contributed by atoms with Gasteiger partial charge in [-0.2, -0.15) is 0 Å². The van der Waals surface area contributed by atoms with Crippen molar-refractivity contribution >= 4 is 40.1 Å². The first-order valence-electron chi connectivity index (χ1n) is 5.53. The number of aliphatic hydroxyl groups is 1. The van der Waals surface area contributed by atoms with Crippen molar-refractivity contribution in [1.29, 1.82) is 0 Å². The van der Waals surface area contributed by atoms with Gasteiger partial charge >= 0.3 is 0 Å². The normalized spacial score (nSPS) is 19.1. The Morgan fingerprint density at radius 1 is 1.61 bits per heavy atom. The Kier molecular flexibility index (Phi) is 4.34. The van der Waals surface area contributed by atoms with Gasteiger partial charge in [0.2, 0.25) is 0 Å². The molecule has 4 nitrogen and oxygen atoms in total. The second-order valence-corrected chi connectivity index (χ2v) is 5.73. The zero-order valence-electron chi connectivity index (χ0n) is 9.82. The number of benzene rings is 1. The fourth-order valence-corrected chi connectivity index (χ4v) is 2.56. The topological polar surface area (TPSA) is 49.8 Å². The fraction of sp³-hybridized carbons (Fsp3) is 0.417. The molecule has 1 atom stereocenters. The quantitative estimate of drug-likeness (QED) is 0.799. The van der Waals surface area contributed by atoms with E-state index in [0.717, 1.165) is 3.57 Å². The summed E-state index contributed by atoms with van der Waals surface area (Å²) in [4.78, 5) is 13.9. The highest BCUT2D eigenvalue weighted by Gasteiger charge is 2.27. The van der Waals surface area contributed by atoms with E-state index in [2.05, 4.69) is 22.6 Å². The highest BCUT2D eigenvalue weighted by Crippen LogP contribution is 2.29. The molecule has 98 valence electrons. The molecule has 0 aliphatic carbocycles. The van der Waals surface area contributed by atoms with E-state index in [9.17, 15) is 9.90 Å². The Morgan fingerprint density at radius 2 is 2.33 bits per heavy atom. The van der Waals surface area contributed by atoms with E-state index in [4.69, 9.17) is 16.3 Å². The van der Waals surface area contributed by atoms with Gasteiger partial charge in [0.15, 0.2) is 0 Å². The van der Waals surface area contributed by atoms with E-state index in [-0.39, 0.29) is 5.91 Å². The third kappa shape index (κ3) is 2.73. The molecule has 0 saturated carbocycles. The van der Waals surface area contributed by atoms with Crippen LogP contribution in [0.25, 0.3) is 0 Å². The van der Waals surface area contributed by atoms with Crippen molar-refractivity contribution in [2.24, 2.45) is 0 Å². The number of hydrogen-bond acceptors (Lipinski definition) is 3. The van der Waals surface area contributed by atoms with E-state index in [1.807, 2.05) is 0 Å². The van der Waals surface area contributed by atoms with Crippen LogP contribution in [0.1, 0.15) is 16.8 Å². The number of rotatable bonds is 2. The number of carbonyl (C=O) groups is 1. The minimum absolute atomic E-state index is 0.151. The number of nitrogens with zero attached hydrogens (tertiary/aromatic N) is 1. The number of amides is 1. The van der Waals surface area contributed by atoms with Gasteiger partial charge in [-0.3, -0.25) is 4.79 Å². The van der Waals surface area contributed by atoms with Crippen molar-refractivity contribution in [2.75, 3.05) is 20.2 Å². The van der Waals surface area contributed by atoms with Crippen LogP contribution in [-0.4, -0.2) is 42.2 Å². The molecule has 1 N–H and O–H groups in total. The molecular weight excluding hydrogens is 368 g/mol. The van der Waals surface area contributed by atoms with Crippen LogP contribution in [0.15, 0.2) is 12.1 Å². The Morgan fingerprint density at radius 3 is 2.89 bits per heavy atom. The summed E-state index contributed by atoms with van der Waals surface area (Å²) in [6, 6.07) is 3.36. The summed E-state index contributed by atoms with van der Waals surface area (Å²) in [6.45, 7) is 0.929. The molecular formula is C12H13ClINO3. The van der Waals surface area contributed by atoms with E-state index < -0.39 is 6.10 Å². The molecule has 0 aromatic heterocycles. The number of halogens is 2. The van der Waals surface area contributed by atoms with Gasteiger partial charge in [-0.05, 0) is 41.1 Å². The maximum atomic E-state index is 12.3. The number of aliphatic hydroxyl groups excluding tert-OH is 1. The summed E-state index contributed by atoms with van der Waals surface area (Å²) in [5.41, 5.74) is 0.442. The monoisotopic (exact) mass is 381 g/mol. The van der Waals surface area contributed by atoms with Gasteiger partial charge in [-0.1, -0.05) is 11.6 Å². The average molecular weight is 382 g/mol. The zero-order chi connectivity index (χ0) is 13.3. The number of likely N-dealkylation sites (tertiary alicyclic amines) is 1. The summed E-state index contributed by atoms with van der Waals surface area (Å²) in [5.74, 6) is 0.358. The van der Waals surface area contributed by atoms with Gasteiger partial charge in [0, 0.05) is 16.7 Å². The van der Waals surface area contributed by atoms with Crippen molar-refractivity contribution in [2.45, 2.75) is 12.5 Å². The molecule has 1 saturated heterocycles. The molecule has 0 bridgehead atoms. The van der Waals surface area contributed by atoms with E-state index in [1.165, 1.54) is 7.11 Å². The van der Waals surface area contributed by atoms with Crippen LogP contribution in [0, 0.1) is 3.57 Å². The average Bonchev–Trinajstić information content (AvgIpc) is 2.78. The predicted molar refractivity (Wildman–Crippen MR) is 77.2 cm³/mol. The first kappa shape index (κ1) is 13.9. The number of β-amino-alcohol motifs (C(OH)–C–C–N with tert-alkyl or cyclic N) is 1. The molecule has 1 aromatic rings. The van der Waals surface area contributed by atoms with E-state index >= 15 is 0 Å². The van der Waals surface area contributed by atoms with Crippen LogP contribution in [0.3, 0.4) is 0 Å². The molecule has 1 aliphatic rings. The maximum Gasteiger partial charge on any atom is 0.257 e. The number of carbonyl (C=O) groups excluding carboxylic acids is 1. The standard InChI is InChI=1S/C12H13ClINO3/c1-18-11-5-10(14)9(13)4-8(11)12(17)15-3-2-7(16)6-15/h4-5,7,16H,2-3,6H2,1H3/t7-/m1/s1. The van der Waals surface area contributed by atoms with Crippen molar-refractivity contribution < 1.29 is 14.6 Å². The molecule has 18 heavy (non-hydrogen) atoms. The largest absolute Gasteiger partial charge is 0.496 e. The van der Waals surface area contributed by atoms with Gasteiger partial charge in [0.1, 0.15) is 5.75 Å². The molecule has 0 spiro atoms. The molecule has 1 fully saturated rings. The van der Waals surface area contributed by atoms with Gasteiger partial charge in [-0.15, -0.1) is 0 Å². The van der Waals surface area contributed by atoms with E-state index in [1.54, 1.807) is 17.0 Å². The summed E-state index contributed by atoms with van der Waals surface area (Å²) >= 11 is 8.13. The Balaban J connectivity index is 2.32. The van der Waals surface area contributed by atoms with E-state index in [0.29, 0.717) is 35.8 Å². The van der Waals surface area contributed by atoms with Gasteiger partial charge < -0.3 is 14.7 Å². The lowest BCUT2D eigenvalue weighted by Crippen LogP contribution is -2.29. The van der Waals surface area contributed by atoms with Crippen molar-refractivity contribution in [3.63, 3.8) is 0 Å². The molecule has 2 rings (SSSR count). The van der Waals surface area contributed by atoms with Crippen molar-refractivity contribution in [1.82, 2.24) is 4.90 Å². The third-order valence-electron chi connectivity index (χ3n) is 2.92. The van der Waals surface area contributed by atoms with Gasteiger partial charge in [-0.25, -0.2) is 0 Å². The lowest BCUT2D eigenvalue weighted by atomic mass is 10.1. The predicted octanol–water partition coefficient (Wildman–Crippen LogP) is 2.16. The molecule has 0 unspecified atom stereocenters. The molecule has 1 aromatic carbocycles. The lowest BCUT2D eigenvalue weighted by Gasteiger charge is -2.18. The SMILES string of the molecule is COc1cc(I)c(Cl)cc1C(=O)N1CC[C@@H](O)C1. The maximum absolute atomic E-state index is 12.3. The van der Waals surface area contributed by atoms with Crippen LogP contribution in [-0.2, 0) is 0 Å². The number of ether oxygens (including phenoxy) is 1. The van der Waals surface area contributed by atoms with Crippen LogP contribution in [0.5, 0.6) is 5.75 Å². The highest BCUT2D eigenvalue weighted by molar-refractivity contribution is 14.1. The summed E-state index contributed by atoms with van der Waals surface area (Å²) < 4.78 is 6.05. The number of hydrogen-bond donors (Lipinski definition) is 1. The minimum atomic E-state index is -0.431. The molecule has 1 heterocycles. The van der Waals surface area contributed by atoms with Crippen LogP contribution in [0.4, 0.5) is 0 Å². The molecule has 1 amide bonds. The summed E-state index contributed by atoms with van der Waals surface area (Å²) in [7, 11) is 1.52. The summed E-state index contributed by atoms with van der Waals surface area (Å²) in [6.07, 6.45) is 0.186. The molecule has 6 heteroatoms. The van der Waals surface area contributed by atoms with Crippen LogP contribution < -0.4 is 4.74 Å². The Hall–Kier alpha value is -0.530. The van der Waals surface area contributed by atoms with Crippen molar-refractivity contribution in [3.8, 4) is 5.75 Å². The Labute approximate surface area is 124 Å². The van der Waals surface area contributed by atoms with Crippen molar-refractivity contribution in [3.05, 3.63) is 26.3 Å². The minimum Gasteiger partial charge on any atom is -0.496 e. The lowest BCUT2D eigenvalue weighted by molar-refractivity contribution is 0.0761. The van der Waals surface area contributed by atoms with Gasteiger partial charge in [0.25, 0.3) is 5.91 Å². The molecule has 1 aliphatic heterocycles. The second-order valence-electron chi connectivity index (χ2n) is 4.16.